The Morgan fingerprint density at radius 2 is 2.18 bits per heavy atom. The zero-order valence-electron chi connectivity index (χ0n) is 13.8. The third-order valence-electron chi connectivity index (χ3n) is 3.03. The molecule has 0 amide bonds. The molecule has 0 fully saturated rings. The van der Waals surface area contributed by atoms with E-state index in [9.17, 15) is 0 Å². The van der Waals surface area contributed by atoms with Gasteiger partial charge < -0.3 is 14.7 Å². The Morgan fingerprint density at radius 1 is 1.41 bits per heavy atom. The fourth-order valence-electron chi connectivity index (χ4n) is 1.94. The van der Waals surface area contributed by atoms with Crippen molar-refractivity contribution in [1.29, 1.82) is 0 Å². The maximum Gasteiger partial charge on any atom is 0.248 e. The fraction of sp³-hybridized carbons (Fsp3) is 0.667. The summed E-state index contributed by atoms with van der Waals surface area (Å²) in [5, 5.41) is 7.05. The van der Waals surface area contributed by atoms with Gasteiger partial charge in [-0.25, -0.2) is 4.99 Å². The average Bonchev–Trinajstić information content (AvgIpc) is 2.88. The van der Waals surface area contributed by atoms with E-state index in [0.717, 1.165) is 31.9 Å². The summed E-state index contributed by atoms with van der Waals surface area (Å²) in [4.78, 5) is 10.8. The van der Waals surface area contributed by atoms with Crippen LogP contribution in [0.15, 0.2) is 22.2 Å². The molecule has 126 valence electrons. The van der Waals surface area contributed by atoms with Crippen LogP contribution < -0.4 is 5.32 Å². The van der Waals surface area contributed by atoms with E-state index in [2.05, 4.69) is 38.9 Å². The van der Waals surface area contributed by atoms with Crippen LogP contribution in [-0.4, -0.2) is 41.1 Å². The van der Waals surface area contributed by atoms with Crippen LogP contribution in [0.2, 0.25) is 0 Å². The van der Waals surface area contributed by atoms with Gasteiger partial charge in [0.15, 0.2) is 11.8 Å². The van der Waals surface area contributed by atoms with E-state index in [1.165, 1.54) is 12.8 Å². The molecule has 0 radical (unpaired) electrons. The predicted molar refractivity (Wildman–Crippen MR) is 101 cm³/mol. The van der Waals surface area contributed by atoms with Gasteiger partial charge in [-0.2, -0.15) is 4.98 Å². The largest absolute Gasteiger partial charge is 0.357 e. The number of hydrogen-bond acceptors (Lipinski definition) is 4. The Balaban J connectivity index is 0.00000441. The molecule has 0 aromatic carbocycles. The Labute approximate surface area is 150 Å². The highest BCUT2D eigenvalue weighted by Gasteiger charge is 2.07. The number of aryl methyl sites for hydroxylation is 1. The van der Waals surface area contributed by atoms with E-state index < -0.39 is 0 Å². The quantitative estimate of drug-likeness (QED) is 0.218. The third-order valence-corrected chi connectivity index (χ3v) is 3.03. The van der Waals surface area contributed by atoms with Crippen LogP contribution in [0.5, 0.6) is 0 Å². The number of aromatic nitrogens is 2. The van der Waals surface area contributed by atoms with E-state index in [4.69, 9.17) is 4.52 Å². The molecule has 0 aliphatic carbocycles. The molecule has 0 aliphatic heterocycles. The van der Waals surface area contributed by atoms with Crippen LogP contribution in [0, 0.1) is 6.92 Å². The molecule has 1 N–H and O–H groups in total. The van der Waals surface area contributed by atoms with Gasteiger partial charge in [0.25, 0.3) is 0 Å². The second kappa shape index (κ2) is 12.4. The van der Waals surface area contributed by atoms with E-state index in [0.29, 0.717) is 18.3 Å². The van der Waals surface area contributed by atoms with Gasteiger partial charge in [-0.3, -0.25) is 0 Å². The lowest BCUT2D eigenvalue weighted by molar-refractivity contribution is 0.375. The monoisotopic (exact) mass is 421 g/mol. The lowest BCUT2D eigenvalue weighted by Crippen LogP contribution is -2.39. The minimum absolute atomic E-state index is 0. The maximum absolute atomic E-state index is 5.07. The van der Waals surface area contributed by atoms with Crippen LogP contribution >= 0.6 is 24.0 Å². The molecular weight excluding hydrogens is 393 g/mol. The Morgan fingerprint density at radius 3 is 2.77 bits per heavy atom. The lowest BCUT2D eigenvalue weighted by Gasteiger charge is -2.21. The first-order valence-corrected chi connectivity index (χ1v) is 7.57. The van der Waals surface area contributed by atoms with E-state index in [1.54, 1.807) is 6.92 Å². The van der Waals surface area contributed by atoms with Gasteiger partial charge in [0, 0.05) is 20.1 Å². The number of hydrogen-bond donors (Lipinski definition) is 1. The van der Waals surface area contributed by atoms with Gasteiger partial charge in [0.1, 0.15) is 6.54 Å². The molecule has 0 spiro atoms. The fourth-order valence-corrected chi connectivity index (χ4v) is 1.94. The topological polar surface area (TPSA) is 66.5 Å². The molecule has 7 heteroatoms. The van der Waals surface area contributed by atoms with Crippen molar-refractivity contribution in [2.24, 2.45) is 4.99 Å². The minimum Gasteiger partial charge on any atom is -0.357 e. The first-order chi connectivity index (χ1) is 10.2. The third kappa shape index (κ3) is 8.35. The predicted octanol–water partition coefficient (Wildman–Crippen LogP) is 3.14. The summed E-state index contributed by atoms with van der Waals surface area (Å²) in [5.41, 5.74) is 0. The molecular formula is C15H28IN5O. The molecule has 0 aliphatic rings. The summed E-state index contributed by atoms with van der Waals surface area (Å²) in [6.45, 7) is 9.82. The highest BCUT2D eigenvalue weighted by Crippen LogP contribution is 2.03. The SMILES string of the molecule is C=CCCCCCN(C)C(=NCc1nc(C)no1)NCC.I. The molecule has 1 heterocycles. The summed E-state index contributed by atoms with van der Waals surface area (Å²) in [6.07, 6.45) is 6.62. The van der Waals surface area contributed by atoms with Crippen molar-refractivity contribution in [2.75, 3.05) is 20.1 Å². The summed E-state index contributed by atoms with van der Waals surface area (Å²) < 4.78 is 5.07. The number of guanidine groups is 1. The first kappa shape index (κ1) is 20.9. The molecule has 0 bridgehead atoms. The number of unbranched alkanes of at least 4 members (excludes halogenated alkanes) is 3. The van der Waals surface area contributed by atoms with Crippen LogP contribution in [0.3, 0.4) is 0 Å². The van der Waals surface area contributed by atoms with Gasteiger partial charge >= 0.3 is 0 Å². The highest BCUT2D eigenvalue weighted by molar-refractivity contribution is 14.0. The molecule has 6 nitrogen and oxygen atoms in total. The molecule has 1 aromatic rings. The standard InChI is InChI=1S/C15H27N5O.HI/c1-5-7-8-9-10-11-20(4)15(16-6-2)17-12-14-18-13(3)19-21-14;/h5H,1,6-12H2,2-4H3,(H,16,17);1H. The van der Waals surface area contributed by atoms with Crippen molar-refractivity contribution < 1.29 is 4.52 Å². The maximum atomic E-state index is 5.07. The van der Waals surface area contributed by atoms with Crippen molar-refractivity contribution in [2.45, 2.75) is 46.1 Å². The van der Waals surface area contributed by atoms with Crippen molar-refractivity contribution in [3.63, 3.8) is 0 Å². The zero-order valence-corrected chi connectivity index (χ0v) is 16.2. The van der Waals surface area contributed by atoms with E-state index >= 15 is 0 Å². The molecule has 0 saturated carbocycles. The number of allylic oxidation sites excluding steroid dienone is 1. The normalized spacial score (nSPS) is 11.0. The molecule has 1 rings (SSSR count). The van der Waals surface area contributed by atoms with Gasteiger partial charge in [-0.05, 0) is 33.1 Å². The van der Waals surface area contributed by atoms with Gasteiger partial charge in [0.05, 0.1) is 0 Å². The Hall–Kier alpha value is -1.12. The molecule has 0 saturated heterocycles. The Kier molecular flexibility index (Phi) is 11.8. The summed E-state index contributed by atoms with van der Waals surface area (Å²) >= 11 is 0. The molecule has 0 unspecified atom stereocenters. The second-order valence-corrected chi connectivity index (χ2v) is 4.97. The summed E-state index contributed by atoms with van der Waals surface area (Å²) in [7, 11) is 2.05. The van der Waals surface area contributed by atoms with Crippen LogP contribution in [0.25, 0.3) is 0 Å². The number of nitrogens with one attached hydrogen (secondary N) is 1. The van der Waals surface area contributed by atoms with E-state index in [-0.39, 0.29) is 24.0 Å². The summed E-state index contributed by atoms with van der Waals surface area (Å²) in [5.74, 6) is 2.06. The Bertz CT molecular complexity index is 447. The first-order valence-electron chi connectivity index (χ1n) is 7.57. The van der Waals surface area contributed by atoms with Crippen molar-refractivity contribution in [3.05, 3.63) is 24.4 Å². The van der Waals surface area contributed by atoms with Crippen LogP contribution in [0.1, 0.15) is 44.3 Å². The highest BCUT2D eigenvalue weighted by atomic mass is 127. The van der Waals surface area contributed by atoms with Crippen molar-refractivity contribution in [3.8, 4) is 0 Å². The van der Waals surface area contributed by atoms with Gasteiger partial charge in [-0.15, -0.1) is 30.6 Å². The second-order valence-electron chi connectivity index (χ2n) is 4.97. The lowest BCUT2D eigenvalue weighted by atomic mass is 10.2. The smallest absolute Gasteiger partial charge is 0.248 e. The number of halogens is 1. The van der Waals surface area contributed by atoms with Gasteiger partial charge in [0.2, 0.25) is 5.89 Å². The van der Waals surface area contributed by atoms with Crippen LogP contribution in [-0.2, 0) is 6.54 Å². The number of rotatable bonds is 9. The number of aliphatic imine (C=N–C) groups is 1. The van der Waals surface area contributed by atoms with Crippen molar-refractivity contribution >= 4 is 29.9 Å². The van der Waals surface area contributed by atoms with Crippen LogP contribution in [0.4, 0.5) is 0 Å². The zero-order chi connectivity index (χ0) is 15.5. The van der Waals surface area contributed by atoms with Gasteiger partial charge in [-0.1, -0.05) is 17.7 Å². The molecule has 1 aromatic heterocycles. The van der Waals surface area contributed by atoms with E-state index in [1.807, 2.05) is 13.1 Å². The average molecular weight is 421 g/mol. The molecule has 22 heavy (non-hydrogen) atoms. The molecule has 0 atom stereocenters. The number of nitrogens with zero attached hydrogens (tertiary/aromatic N) is 4. The minimum atomic E-state index is 0. The van der Waals surface area contributed by atoms with Crippen molar-refractivity contribution in [1.82, 2.24) is 20.4 Å². The summed E-state index contributed by atoms with van der Waals surface area (Å²) in [6, 6.07) is 0.